The Morgan fingerprint density at radius 1 is 1.07 bits per heavy atom. The van der Waals surface area contributed by atoms with Crippen LogP contribution >= 0.6 is 0 Å². The largest absolute Gasteiger partial charge is 0.447 e. The van der Waals surface area contributed by atoms with Gasteiger partial charge in [-0.25, -0.2) is 9.78 Å². The molecule has 0 radical (unpaired) electrons. The lowest BCUT2D eigenvalue weighted by Gasteiger charge is -2.61. The Bertz CT molecular complexity index is 695. The van der Waals surface area contributed by atoms with E-state index in [2.05, 4.69) is 11.3 Å². The number of hydrogen-bond donors (Lipinski definition) is 0. The van der Waals surface area contributed by atoms with Crippen LogP contribution in [0.4, 0.5) is 26.3 Å². The third kappa shape index (κ3) is 3.03. The maximum Gasteiger partial charge on any atom is 0.447 e. The summed E-state index contributed by atoms with van der Waals surface area (Å²) in [7, 11) is 0. The Kier molecular flexibility index (Phi) is 4.65. The molecular formula is C18H22F6O5. The normalized spacial score (nSPS) is 47.7. The van der Waals surface area contributed by atoms with Crippen LogP contribution in [0.25, 0.3) is 0 Å². The highest BCUT2D eigenvalue weighted by Crippen LogP contribution is 2.64. The van der Waals surface area contributed by atoms with Gasteiger partial charge in [0.15, 0.2) is 11.9 Å². The molecule has 0 aromatic heterocycles. The molecule has 1 saturated carbocycles. The highest BCUT2D eigenvalue weighted by molar-refractivity contribution is 5.28. The van der Waals surface area contributed by atoms with Crippen molar-refractivity contribution in [3.05, 3.63) is 12.2 Å². The Hall–Kier alpha value is -0.880. The summed E-state index contributed by atoms with van der Waals surface area (Å²) < 4.78 is 96.0. The van der Waals surface area contributed by atoms with Gasteiger partial charge >= 0.3 is 12.4 Å². The molecule has 0 amide bonds. The summed E-state index contributed by atoms with van der Waals surface area (Å²) in [6, 6.07) is 0. The molecule has 0 unspecified atom stereocenters. The van der Waals surface area contributed by atoms with Gasteiger partial charge < -0.3 is 14.2 Å². The molecule has 2 bridgehead atoms. The minimum atomic E-state index is -5.31. The fraction of sp³-hybridized carbons (Fsp3) is 0.889. The van der Waals surface area contributed by atoms with Gasteiger partial charge in [0.05, 0.1) is 0 Å². The predicted molar refractivity (Wildman–Crippen MR) is 83.8 cm³/mol. The fourth-order valence-corrected chi connectivity index (χ4v) is 5.24. The smallest absolute Gasteiger partial charge is 0.330 e. The van der Waals surface area contributed by atoms with Crippen molar-refractivity contribution in [2.24, 2.45) is 17.8 Å². The highest BCUT2D eigenvalue weighted by Gasteiger charge is 2.76. The zero-order valence-electron chi connectivity index (χ0n) is 15.9. The van der Waals surface area contributed by atoms with Gasteiger partial charge in [0, 0.05) is 12.3 Å². The fourth-order valence-electron chi connectivity index (χ4n) is 5.24. The SMILES string of the molecule is C=C1[C@@H]2CC[C@@H](C)[C@@H]3CC[C@@]4(C)OO[C@@]23[C@@H](O4)O[C@@]1(OCC(F)(F)F)C(F)(F)F. The lowest BCUT2D eigenvalue weighted by Crippen LogP contribution is -2.74. The second-order valence-electron chi connectivity index (χ2n) is 8.52. The Morgan fingerprint density at radius 2 is 1.76 bits per heavy atom. The Morgan fingerprint density at radius 3 is 2.38 bits per heavy atom. The summed E-state index contributed by atoms with van der Waals surface area (Å²) in [6.07, 6.45) is -10.3. The van der Waals surface area contributed by atoms with Gasteiger partial charge in [-0.3, -0.25) is 0 Å². The number of hydrogen-bond acceptors (Lipinski definition) is 5. The van der Waals surface area contributed by atoms with Crippen molar-refractivity contribution >= 4 is 0 Å². The van der Waals surface area contributed by atoms with Crippen LogP contribution in [0.5, 0.6) is 0 Å². The van der Waals surface area contributed by atoms with Crippen LogP contribution < -0.4 is 0 Å². The minimum absolute atomic E-state index is 0.0623. The molecular weight excluding hydrogens is 410 g/mol. The van der Waals surface area contributed by atoms with Crippen molar-refractivity contribution in [1.29, 1.82) is 0 Å². The van der Waals surface area contributed by atoms with E-state index in [9.17, 15) is 26.3 Å². The first-order chi connectivity index (χ1) is 13.2. The maximum absolute atomic E-state index is 14.1. The number of rotatable bonds is 2. The Balaban J connectivity index is 1.81. The summed E-state index contributed by atoms with van der Waals surface area (Å²) in [6.45, 7) is 4.80. The van der Waals surface area contributed by atoms with Gasteiger partial charge in [0.25, 0.3) is 5.79 Å². The van der Waals surface area contributed by atoms with Crippen molar-refractivity contribution in [1.82, 2.24) is 0 Å². The first-order valence-corrected chi connectivity index (χ1v) is 9.43. The molecule has 5 aliphatic rings. The van der Waals surface area contributed by atoms with Gasteiger partial charge in [-0.1, -0.05) is 13.5 Å². The van der Waals surface area contributed by atoms with Crippen molar-refractivity contribution in [3.8, 4) is 0 Å². The number of fused-ring (bicyclic) bond motifs is 2. The standard InChI is InChI=1S/C18H22F6O5/c1-9-4-5-12-10(2)17(18(22,23)24,25-8-15(19,20)21)27-13-16(12)11(9)6-7-14(3,26-13)28-29-16/h9,11-13H,2,4-8H2,1,3H3/t9-,11+,12+,13+,14-,16-,17-/m1/s1. The minimum Gasteiger partial charge on any atom is -0.330 e. The molecule has 4 aliphatic heterocycles. The lowest BCUT2D eigenvalue weighted by atomic mass is 9.58. The molecule has 29 heavy (non-hydrogen) atoms. The third-order valence-electron chi connectivity index (χ3n) is 6.65. The molecule has 5 rings (SSSR count). The van der Waals surface area contributed by atoms with Crippen molar-refractivity contribution in [2.75, 3.05) is 6.61 Å². The van der Waals surface area contributed by atoms with Crippen molar-refractivity contribution < 1.29 is 50.3 Å². The predicted octanol–water partition coefficient (Wildman–Crippen LogP) is 4.63. The molecule has 1 spiro atoms. The average molecular weight is 432 g/mol. The molecule has 0 aromatic carbocycles. The van der Waals surface area contributed by atoms with E-state index < -0.39 is 53.9 Å². The molecule has 1 aliphatic carbocycles. The topological polar surface area (TPSA) is 46.2 Å². The average Bonchev–Trinajstić information content (AvgIpc) is 2.81. The van der Waals surface area contributed by atoms with Gasteiger partial charge in [0.1, 0.15) is 6.61 Å². The number of alkyl halides is 6. The van der Waals surface area contributed by atoms with Crippen molar-refractivity contribution in [2.45, 2.75) is 75.3 Å². The zero-order chi connectivity index (χ0) is 21.5. The van der Waals surface area contributed by atoms with E-state index >= 15 is 0 Å². The third-order valence-corrected chi connectivity index (χ3v) is 6.65. The molecule has 0 N–H and O–H groups in total. The van der Waals surface area contributed by atoms with E-state index in [1.807, 2.05) is 6.92 Å². The lowest BCUT2D eigenvalue weighted by molar-refractivity contribution is -0.583. The molecule has 7 atom stereocenters. The molecule has 166 valence electrons. The molecule has 5 fully saturated rings. The quantitative estimate of drug-likeness (QED) is 0.362. The maximum atomic E-state index is 14.1. The van der Waals surface area contributed by atoms with Crippen LogP contribution in [-0.2, 0) is 24.0 Å². The summed E-state index contributed by atoms with van der Waals surface area (Å²) >= 11 is 0. The summed E-state index contributed by atoms with van der Waals surface area (Å²) in [5, 5.41) is 0. The van der Waals surface area contributed by atoms with Crippen LogP contribution in [0.3, 0.4) is 0 Å². The van der Waals surface area contributed by atoms with E-state index in [1.54, 1.807) is 0 Å². The van der Waals surface area contributed by atoms with Gasteiger partial charge in [-0.15, -0.1) is 0 Å². The van der Waals surface area contributed by atoms with E-state index in [1.165, 1.54) is 6.92 Å². The Labute approximate surface area is 163 Å². The number of ether oxygens (including phenoxy) is 3. The van der Waals surface area contributed by atoms with E-state index in [0.717, 1.165) is 0 Å². The molecule has 11 heteroatoms. The summed E-state index contributed by atoms with van der Waals surface area (Å²) in [5.74, 6) is -6.26. The van der Waals surface area contributed by atoms with Crippen LogP contribution in [0.15, 0.2) is 12.2 Å². The molecule has 4 heterocycles. The second-order valence-corrected chi connectivity index (χ2v) is 8.52. The van der Waals surface area contributed by atoms with Crippen molar-refractivity contribution in [3.63, 3.8) is 0 Å². The second kappa shape index (κ2) is 6.32. The van der Waals surface area contributed by atoms with Crippen LogP contribution in [0.2, 0.25) is 0 Å². The molecule has 5 nitrogen and oxygen atoms in total. The van der Waals surface area contributed by atoms with Gasteiger partial charge in [-0.05, 0) is 43.6 Å². The van der Waals surface area contributed by atoms with Crippen LogP contribution in [-0.4, -0.2) is 42.4 Å². The highest BCUT2D eigenvalue weighted by atomic mass is 19.4. The zero-order valence-corrected chi connectivity index (χ0v) is 15.9. The van der Waals surface area contributed by atoms with E-state index in [0.29, 0.717) is 19.3 Å². The van der Waals surface area contributed by atoms with E-state index in [4.69, 9.17) is 19.2 Å². The summed E-state index contributed by atoms with van der Waals surface area (Å²) in [4.78, 5) is 11.1. The van der Waals surface area contributed by atoms with Crippen LogP contribution in [0.1, 0.15) is 39.5 Å². The number of halogens is 6. The molecule has 4 saturated heterocycles. The molecule has 0 aromatic rings. The van der Waals surface area contributed by atoms with Gasteiger partial charge in [-0.2, -0.15) is 26.3 Å². The van der Waals surface area contributed by atoms with Crippen LogP contribution in [0, 0.1) is 17.8 Å². The first kappa shape index (κ1) is 21.4. The van der Waals surface area contributed by atoms with Gasteiger partial charge in [0.2, 0.25) is 5.79 Å². The first-order valence-electron chi connectivity index (χ1n) is 9.43. The summed E-state index contributed by atoms with van der Waals surface area (Å²) in [5.41, 5.74) is -2.08. The monoisotopic (exact) mass is 432 g/mol. The van der Waals surface area contributed by atoms with E-state index in [-0.39, 0.29) is 18.3 Å².